The van der Waals surface area contributed by atoms with Crippen LogP contribution in [0.15, 0.2) is 200 Å². The molecule has 60 heavy (non-hydrogen) atoms. The Bertz CT molecular complexity index is 3550. The van der Waals surface area contributed by atoms with Crippen molar-refractivity contribution >= 4 is 64.2 Å². The van der Waals surface area contributed by atoms with Crippen LogP contribution in [0.3, 0.4) is 0 Å². The molecule has 0 radical (unpaired) electrons. The summed E-state index contributed by atoms with van der Waals surface area (Å²) in [6.45, 7) is 0. The minimum atomic E-state index is 0.595. The summed E-state index contributed by atoms with van der Waals surface area (Å²) in [4.78, 5) is 21.1. The fraction of sp³-hybridized carbons (Fsp3) is 0. The number of aromatic nitrogens is 5. The summed E-state index contributed by atoms with van der Waals surface area (Å²) >= 11 is 1.80. The number of nitrogens with zero attached hydrogens (tertiary/aromatic N) is 5. The van der Waals surface area contributed by atoms with Crippen molar-refractivity contribution in [2.24, 2.45) is 0 Å². The van der Waals surface area contributed by atoms with Gasteiger partial charge in [0.25, 0.3) is 0 Å². The highest BCUT2D eigenvalue weighted by Gasteiger charge is 2.19. The highest BCUT2D eigenvalue weighted by molar-refractivity contribution is 7.26. The standard InChI is InChI=1S/C54H33N5S/c1-2-15-34(16-3-1)39-19-4-7-24-44(39)54-57-52(35-29-31-38(32-30-35)59-46-26-11-8-20-40(46)41-21-9-12-27-47(41)59)56-53(58-54)37-18-14-17-36(33-37)49-42-22-5-6-23-43(42)51-50(55-49)45-25-10-13-28-48(45)60-51/h1-33H. The molecule has 0 bridgehead atoms. The molecule has 12 rings (SSSR count). The molecule has 12 aromatic rings. The van der Waals surface area contributed by atoms with Crippen LogP contribution in [0.25, 0.3) is 115 Å². The van der Waals surface area contributed by atoms with Crippen molar-refractivity contribution in [1.82, 2.24) is 24.5 Å². The Labute approximate surface area is 349 Å². The molecule has 4 aromatic heterocycles. The van der Waals surface area contributed by atoms with Gasteiger partial charge in [0.1, 0.15) is 0 Å². The SMILES string of the molecule is c1ccc(-c2ccccc2-c2nc(-c3ccc(-n4c5ccccc5c5ccccc54)cc3)nc(-c3cccc(-c4nc5c6ccccc6sc5c5ccccc45)c3)n2)cc1. The molecule has 0 saturated heterocycles. The number of thiophene rings is 1. The predicted octanol–water partition coefficient (Wildman–Crippen LogP) is 14.2. The molecule has 280 valence electrons. The first-order valence-electron chi connectivity index (χ1n) is 20.1. The number of fused-ring (bicyclic) bond motifs is 8. The van der Waals surface area contributed by atoms with Crippen LogP contribution >= 0.6 is 11.3 Å². The molecular formula is C54H33N5S. The minimum absolute atomic E-state index is 0.595. The molecule has 8 aromatic carbocycles. The van der Waals surface area contributed by atoms with E-state index in [-0.39, 0.29) is 0 Å². The molecule has 0 amide bonds. The van der Waals surface area contributed by atoms with E-state index < -0.39 is 0 Å². The van der Waals surface area contributed by atoms with E-state index in [1.165, 1.54) is 42.0 Å². The zero-order valence-corrected chi connectivity index (χ0v) is 33.0. The van der Waals surface area contributed by atoms with E-state index in [1.54, 1.807) is 11.3 Å². The third-order valence-corrected chi connectivity index (χ3v) is 12.7. The van der Waals surface area contributed by atoms with Gasteiger partial charge in [-0.3, -0.25) is 0 Å². The van der Waals surface area contributed by atoms with Gasteiger partial charge in [-0.15, -0.1) is 11.3 Å². The van der Waals surface area contributed by atoms with Gasteiger partial charge >= 0.3 is 0 Å². The summed E-state index contributed by atoms with van der Waals surface area (Å²) in [6.07, 6.45) is 0. The molecular weight excluding hydrogens is 751 g/mol. The molecule has 0 spiro atoms. The third kappa shape index (κ3) is 5.61. The Balaban J connectivity index is 1.03. The van der Waals surface area contributed by atoms with Gasteiger partial charge < -0.3 is 4.57 Å². The van der Waals surface area contributed by atoms with E-state index in [9.17, 15) is 0 Å². The first-order valence-corrected chi connectivity index (χ1v) is 20.9. The first kappa shape index (κ1) is 34.3. The average molecular weight is 784 g/mol. The van der Waals surface area contributed by atoms with E-state index in [0.29, 0.717) is 17.5 Å². The lowest BCUT2D eigenvalue weighted by molar-refractivity contribution is 1.07. The molecule has 0 N–H and O–H groups in total. The summed E-state index contributed by atoms with van der Waals surface area (Å²) < 4.78 is 4.77. The van der Waals surface area contributed by atoms with Crippen molar-refractivity contribution in [2.75, 3.05) is 0 Å². The Morgan fingerprint density at radius 1 is 0.350 bits per heavy atom. The smallest absolute Gasteiger partial charge is 0.164 e. The van der Waals surface area contributed by atoms with E-state index >= 15 is 0 Å². The Morgan fingerprint density at radius 2 is 0.900 bits per heavy atom. The minimum Gasteiger partial charge on any atom is -0.309 e. The Morgan fingerprint density at radius 3 is 1.65 bits per heavy atom. The number of rotatable bonds is 6. The number of hydrogen-bond acceptors (Lipinski definition) is 5. The zero-order chi connectivity index (χ0) is 39.6. The van der Waals surface area contributed by atoms with Gasteiger partial charge in [-0.25, -0.2) is 19.9 Å². The van der Waals surface area contributed by atoms with Crippen molar-refractivity contribution in [3.8, 4) is 62.2 Å². The molecule has 0 fully saturated rings. The van der Waals surface area contributed by atoms with Gasteiger partial charge in [-0.05, 0) is 59.7 Å². The molecule has 0 aliphatic carbocycles. The average Bonchev–Trinajstić information content (AvgIpc) is 3.88. The normalized spacial score (nSPS) is 11.7. The molecule has 0 aliphatic rings. The maximum atomic E-state index is 5.39. The van der Waals surface area contributed by atoms with Crippen LogP contribution in [0.4, 0.5) is 0 Å². The summed E-state index contributed by atoms with van der Waals surface area (Å²) in [7, 11) is 0. The molecule has 0 unspecified atom stereocenters. The fourth-order valence-corrected chi connectivity index (χ4v) is 9.85. The number of pyridine rings is 1. The van der Waals surface area contributed by atoms with Crippen molar-refractivity contribution in [1.29, 1.82) is 0 Å². The van der Waals surface area contributed by atoms with Crippen molar-refractivity contribution in [2.45, 2.75) is 0 Å². The van der Waals surface area contributed by atoms with Crippen LogP contribution in [-0.2, 0) is 0 Å². The zero-order valence-electron chi connectivity index (χ0n) is 32.2. The van der Waals surface area contributed by atoms with E-state index in [0.717, 1.165) is 55.7 Å². The second kappa shape index (κ2) is 13.9. The summed E-state index contributed by atoms with van der Waals surface area (Å²) in [5.41, 5.74) is 11.3. The topological polar surface area (TPSA) is 56.5 Å². The molecule has 6 heteroatoms. The van der Waals surface area contributed by atoms with Gasteiger partial charge in [-0.2, -0.15) is 0 Å². The van der Waals surface area contributed by atoms with Gasteiger partial charge in [0.15, 0.2) is 17.5 Å². The Hall–Kier alpha value is -7.80. The monoisotopic (exact) mass is 783 g/mol. The van der Waals surface area contributed by atoms with Gasteiger partial charge in [0.2, 0.25) is 0 Å². The van der Waals surface area contributed by atoms with Crippen LogP contribution in [0.2, 0.25) is 0 Å². The van der Waals surface area contributed by atoms with E-state index in [1.807, 2.05) is 12.1 Å². The Kier molecular flexibility index (Phi) is 7.96. The highest BCUT2D eigenvalue weighted by atomic mass is 32.1. The van der Waals surface area contributed by atoms with Crippen LogP contribution in [0.5, 0.6) is 0 Å². The number of para-hydroxylation sites is 2. The molecule has 5 nitrogen and oxygen atoms in total. The number of hydrogen-bond donors (Lipinski definition) is 0. The van der Waals surface area contributed by atoms with Crippen LogP contribution in [0.1, 0.15) is 0 Å². The molecule has 4 heterocycles. The van der Waals surface area contributed by atoms with E-state index in [4.69, 9.17) is 19.9 Å². The van der Waals surface area contributed by atoms with Gasteiger partial charge in [0.05, 0.1) is 26.9 Å². The van der Waals surface area contributed by atoms with Gasteiger partial charge in [0, 0.05) is 59.6 Å². The second-order valence-electron chi connectivity index (χ2n) is 15.0. The van der Waals surface area contributed by atoms with Crippen LogP contribution < -0.4 is 0 Å². The largest absolute Gasteiger partial charge is 0.309 e. The molecule has 0 atom stereocenters. The fourth-order valence-electron chi connectivity index (χ4n) is 8.67. The predicted molar refractivity (Wildman–Crippen MR) is 250 cm³/mol. The first-order chi connectivity index (χ1) is 29.7. The van der Waals surface area contributed by atoms with Crippen molar-refractivity contribution < 1.29 is 0 Å². The lowest BCUT2D eigenvalue weighted by Gasteiger charge is -2.13. The maximum Gasteiger partial charge on any atom is 0.164 e. The van der Waals surface area contributed by atoms with Crippen LogP contribution in [-0.4, -0.2) is 24.5 Å². The summed E-state index contributed by atoms with van der Waals surface area (Å²) in [5, 5.41) is 5.96. The quantitative estimate of drug-likeness (QED) is 0.169. The lowest BCUT2D eigenvalue weighted by atomic mass is 9.99. The maximum absolute atomic E-state index is 5.39. The van der Waals surface area contributed by atoms with Gasteiger partial charge in [-0.1, -0.05) is 152 Å². The number of benzene rings is 8. The summed E-state index contributed by atoms with van der Waals surface area (Å²) in [5.74, 6) is 1.81. The highest BCUT2D eigenvalue weighted by Crippen LogP contribution is 2.41. The van der Waals surface area contributed by atoms with Crippen molar-refractivity contribution in [3.63, 3.8) is 0 Å². The third-order valence-electron chi connectivity index (χ3n) is 11.5. The summed E-state index contributed by atoms with van der Waals surface area (Å²) in [6, 6.07) is 70.1. The molecule has 0 aliphatic heterocycles. The van der Waals surface area contributed by atoms with Crippen molar-refractivity contribution in [3.05, 3.63) is 200 Å². The van der Waals surface area contributed by atoms with Crippen LogP contribution in [0, 0.1) is 0 Å². The lowest BCUT2D eigenvalue weighted by Crippen LogP contribution is -2.01. The molecule has 0 saturated carbocycles. The second-order valence-corrected chi connectivity index (χ2v) is 16.0. The van der Waals surface area contributed by atoms with E-state index in [2.05, 4.69) is 193 Å².